The molecule has 1 aromatic heterocycles. The molecule has 3 heterocycles. The fourth-order valence-electron chi connectivity index (χ4n) is 3.34. The molecule has 1 aromatic rings. The van der Waals surface area contributed by atoms with E-state index in [9.17, 15) is 4.79 Å². The Bertz CT molecular complexity index is 585. The molecule has 2 aliphatic heterocycles. The lowest BCUT2D eigenvalue weighted by Gasteiger charge is -2.47. The molecule has 0 saturated carbocycles. The number of carbonyl (C=O) groups is 1. The fourth-order valence-corrected chi connectivity index (χ4v) is 3.34. The molecule has 0 aliphatic carbocycles. The van der Waals surface area contributed by atoms with Crippen LogP contribution in [0.25, 0.3) is 0 Å². The average Bonchev–Trinajstić information content (AvgIpc) is 2.93. The Hall–Kier alpha value is -1.76. The van der Waals surface area contributed by atoms with Gasteiger partial charge in [-0.05, 0) is 33.6 Å². The summed E-state index contributed by atoms with van der Waals surface area (Å²) < 4.78 is 13.4. The second-order valence-corrected chi connectivity index (χ2v) is 7.77. The van der Waals surface area contributed by atoms with E-state index in [1.165, 1.54) is 0 Å². The molecule has 7 heteroatoms. The van der Waals surface area contributed by atoms with Crippen molar-refractivity contribution in [2.24, 2.45) is 7.05 Å². The minimum atomic E-state index is -0.455. The van der Waals surface area contributed by atoms with Crippen molar-refractivity contribution in [2.45, 2.75) is 44.8 Å². The second kappa shape index (κ2) is 6.27. The molecule has 0 radical (unpaired) electrons. The van der Waals surface area contributed by atoms with Crippen LogP contribution in [0.2, 0.25) is 0 Å². The summed E-state index contributed by atoms with van der Waals surface area (Å²) >= 11 is 0. The van der Waals surface area contributed by atoms with Crippen LogP contribution in [-0.4, -0.2) is 64.8 Å². The fraction of sp³-hybridized carbons (Fsp3) is 0.765. The number of aromatic nitrogens is 2. The van der Waals surface area contributed by atoms with E-state index < -0.39 is 5.60 Å². The van der Waals surface area contributed by atoms with Crippen LogP contribution in [0, 0.1) is 0 Å². The zero-order valence-electron chi connectivity index (χ0n) is 15.1. The Labute approximate surface area is 143 Å². The van der Waals surface area contributed by atoms with Crippen LogP contribution in [0.1, 0.15) is 33.6 Å². The summed E-state index contributed by atoms with van der Waals surface area (Å²) in [4.78, 5) is 16.3. The highest BCUT2D eigenvalue weighted by Crippen LogP contribution is 2.32. The molecule has 2 fully saturated rings. The molecule has 1 amide bonds. The van der Waals surface area contributed by atoms with Gasteiger partial charge in [-0.3, -0.25) is 4.68 Å². The third kappa shape index (κ3) is 3.83. The topological polar surface area (TPSA) is 59.8 Å². The van der Waals surface area contributed by atoms with E-state index in [2.05, 4.69) is 10.00 Å². The Balaban J connectivity index is 1.59. The van der Waals surface area contributed by atoms with Gasteiger partial charge in [0.1, 0.15) is 5.60 Å². The molecule has 0 atom stereocenters. The largest absolute Gasteiger partial charge is 0.444 e. The van der Waals surface area contributed by atoms with Gasteiger partial charge in [-0.25, -0.2) is 4.79 Å². The number of aryl methyl sites for hydroxylation is 1. The number of rotatable bonds is 1. The zero-order chi connectivity index (χ0) is 17.4. The smallest absolute Gasteiger partial charge is 0.410 e. The number of amides is 1. The molecule has 24 heavy (non-hydrogen) atoms. The van der Waals surface area contributed by atoms with Crippen molar-refractivity contribution in [2.75, 3.05) is 37.7 Å². The van der Waals surface area contributed by atoms with Crippen LogP contribution in [0.5, 0.6) is 0 Å². The zero-order valence-corrected chi connectivity index (χ0v) is 15.1. The third-order valence-corrected chi connectivity index (χ3v) is 4.60. The maximum Gasteiger partial charge on any atom is 0.410 e. The maximum atomic E-state index is 12.2. The number of piperidine rings is 1. The number of ether oxygens (including phenoxy) is 2. The van der Waals surface area contributed by atoms with Gasteiger partial charge in [0.05, 0.1) is 12.2 Å². The summed E-state index contributed by atoms with van der Waals surface area (Å²) in [6.45, 7) is 9.40. The van der Waals surface area contributed by atoms with Crippen molar-refractivity contribution in [1.82, 2.24) is 14.7 Å². The normalized spacial score (nSPS) is 21.2. The lowest BCUT2D eigenvalue weighted by Crippen LogP contribution is -2.58. The van der Waals surface area contributed by atoms with Crippen LogP contribution >= 0.6 is 0 Å². The molecule has 0 N–H and O–H groups in total. The van der Waals surface area contributed by atoms with Crippen molar-refractivity contribution >= 4 is 11.9 Å². The van der Waals surface area contributed by atoms with Gasteiger partial charge in [0.2, 0.25) is 0 Å². The molecule has 7 nitrogen and oxygen atoms in total. The third-order valence-electron chi connectivity index (χ3n) is 4.60. The Morgan fingerprint density at radius 2 is 2.00 bits per heavy atom. The molecular formula is C17H28N4O3. The second-order valence-electron chi connectivity index (χ2n) is 7.77. The van der Waals surface area contributed by atoms with Crippen LogP contribution in [0.15, 0.2) is 12.3 Å². The van der Waals surface area contributed by atoms with E-state index in [4.69, 9.17) is 9.47 Å². The van der Waals surface area contributed by atoms with Crippen LogP contribution in [0.3, 0.4) is 0 Å². The Kier molecular flexibility index (Phi) is 4.46. The lowest BCUT2D eigenvalue weighted by atomic mass is 9.89. The molecule has 0 unspecified atom stereocenters. The molecule has 0 bridgehead atoms. The summed E-state index contributed by atoms with van der Waals surface area (Å²) in [7, 11) is 1.93. The lowest BCUT2D eigenvalue weighted by molar-refractivity contribution is -0.0914. The van der Waals surface area contributed by atoms with Crippen molar-refractivity contribution in [3.05, 3.63) is 12.3 Å². The van der Waals surface area contributed by atoms with E-state index in [0.29, 0.717) is 19.7 Å². The molecule has 0 aromatic carbocycles. The van der Waals surface area contributed by atoms with E-state index in [1.807, 2.05) is 44.8 Å². The van der Waals surface area contributed by atoms with Gasteiger partial charge in [-0.15, -0.1) is 0 Å². The SMILES string of the molecule is Cn1ccc(N2CCOC3(CCN(C(=O)OC(C)(C)C)CC3)C2)n1. The highest BCUT2D eigenvalue weighted by atomic mass is 16.6. The molecule has 134 valence electrons. The van der Waals surface area contributed by atoms with Crippen LogP contribution in [-0.2, 0) is 16.5 Å². The van der Waals surface area contributed by atoms with E-state index in [-0.39, 0.29) is 11.7 Å². The first-order chi connectivity index (χ1) is 11.3. The monoisotopic (exact) mass is 336 g/mol. The van der Waals surface area contributed by atoms with Gasteiger partial charge in [0, 0.05) is 45.5 Å². The van der Waals surface area contributed by atoms with Gasteiger partial charge in [-0.2, -0.15) is 5.10 Å². The van der Waals surface area contributed by atoms with Gasteiger partial charge < -0.3 is 19.3 Å². The summed E-state index contributed by atoms with van der Waals surface area (Å²) in [5.74, 6) is 0.995. The average molecular weight is 336 g/mol. The summed E-state index contributed by atoms with van der Waals surface area (Å²) in [6.07, 6.45) is 3.39. The number of anilines is 1. The predicted molar refractivity (Wildman–Crippen MR) is 91.1 cm³/mol. The number of carbonyl (C=O) groups excluding carboxylic acids is 1. The maximum absolute atomic E-state index is 12.2. The number of morpholine rings is 1. The molecule has 3 rings (SSSR count). The first-order valence-corrected chi connectivity index (χ1v) is 8.63. The number of hydrogen-bond acceptors (Lipinski definition) is 5. The minimum Gasteiger partial charge on any atom is -0.444 e. The molecule has 2 saturated heterocycles. The van der Waals surface area contributed by atoms with Crippen molar-refractivity contribution in [3.63, 3.8) is 0 Å². The summed E-state index contributed by atoms with van der Waals surface area (Å²) in [6, 6.07) is 2.04. The van der Waals surface area contributed by atoms with Crippen molar-refractivity contribution in [3.8, 4) is 0 Å². The van der Waals surface area contributed by atoms with E-state index in [0.717, 1.165) is 31.7 Å². The van der Waals surface area contributed by atoms with Crippen molar-refractivity contribution < 1.29 is 14.3 Å². The number of nitrogens with zero attached hydrogens (tertiary/aromatic N) is 4. The van der Waals surface area contributed by atoms with E-state index >= 15 is 0 Å². The molecular weight excluding hydrogens is 308 g/mol. The first-order valence-electron chi connectivity index (χ1n) is 8.63. The standard InChI is InChI=1S/C17H28N4O3/c1-16(2,3)24-15(22)20-9-6-17(7-10-20)13-21(11-12-23-17)14-5-8-19(4)18-14/h5,8H,6-7,9-13H2,1-4H3. The number of hydrogen-bond donors (Lipinski definition) is 0. The van der Waals surface area contributed by atoms with Crippen LogP contribution in [0.4, 0.5) is 10.6 Å². The van der Waals surface area contributed by atoms with E-state index in [1.54, 1.807) is 4.90 Å². The van der Waals surface area contributed by atoms with Gasteiger partial charge in [0.25, 0.3) is 0 Å². The van der Waals surface area contributed by atoms with Gasteiger partial charge >= 0.3 is 6.09 Å². The summed E-state index contributed by atoms with van der Waals surface area (Å²) in [5.41, 5.74) is -0.641. The molecule has 1 spiro atoms. The number of likely N-dealkylation sites (tertiary alicyclic amines) is 1. The van der Waals surface area contributed by atoms with Gasteiger partial charge in [0.15, 0.2) is 5.82 Å². The van der Waals surface area contributed by atoms with Crippen molar-refractivity contribution in [1.29, 1.82) is 0 Å². The minimum absolute atomic E-state index is 0.186. The Morgan fingerprint density at radius 1 is 1.29 bits per heavy atom. The highest BCUT2D eigenvalue weighted by molar-refractivity contribution is 5.68. The highest BCUT2D eigenvalue weighted by Gasteiger charge is 2.41. The quantitative estimate of drug-likeness (QED) is 0.785. The first kappa shape index (κ1) is 17.1. The predicted octanol–water partition coefficient (Wildman–Crippen LogP) is 2.03. The van der Waals surface area contributed by atoms with Crippen LogP contribution < -0.4 is 4.90 Å². The summed E-state index contributed by atoms with van der Waals surface area (Å²) in [5, 5.41) is 4.50. The molecule has 2 aliphatic rings. The Morgan fingerprint density at radius 3 is 2.58 bits per heavy atom. The van der Waals surface area contributed by atoms with Gasteiger partial charge in [-0.1, -0.05) is 0 Å².